The number of ketones is 1. The first-order valence-electron chi connectivity index (χ1n) is 3.92. The molecule has 0 atom stereocenters. The number of benzene rings is 1. The summed E-state index contributed by atoms with van der Waals surface area (Å²) in [5.41, 5.74) is 0.337. The molecular formula is C8H6N2O4S. The Morgan fingerprint density at radius 3 is 2.47 bits per heavy atom. The van der Waals surface area contributed by atoms with E-state index in [-0.39, 0.29) is 10.5 Å². The monoisotopic (exact) mass is 226 g/mol. The summed E-state index contributed by atoms with van der Waals surface area (Å²) in [4.78, 5) is 22.0. The lowest BCUT2D eigenvalue weighted by molar-refractivity contribution is -0.112. The molecule has 1 aliphatic heterocycles. The molecule has 0 aliphatic carbocycles. The van der Waals surface area contributed by atoms with Crippen molar-refractivity contribution in [1.29, 1.82) is 0 Å². The summed E-state index contributed by atoms with van der Waals surface area (Å²) in [5.74, 6) is -1.52. The van der Waals surface area contributed by atoms with Crippen LogP contribution in [-0.4, -0.2) is 20.1 Å². The van der Waals surface area contributed by atoms with Gasteiger partial charge in [-0.3, -0.25) is 9.59 Å². The highest BCUT2D eigenvalue weighted by Crippen LogP contribution is 2.25. The van der Waals surface area contributed by atoms with E-state index in [1.165, 1.54) is 12.1 Å². The van der Waals surface area contributed by atoms with E-state index in [2.05, 4.69) is 5.32 Å². The summed E-state index contributed by atoms with van der Waals surface area (Å²) in [6.45, 7) is 0. The number of sulfonamides is 1. The molecule has 0 bridgehead atoms. The maximum absolute atomic E-state index is 11.2. The van der Waals surface area contributed by atoms with E-state index in [4.69, 9.17) is 5.14 Å². The molecule has 0 aromatic heterocycles. The number of Topliss-reactive ketones (excluding diaryl/α,β-unsaturated/α-hetero) is 1. The van der Waals surface area contributed by atoms with Crippen molar-refractivity contribution in [2.45, 2.75) is 4.90 Å². The van der Waals surface area contributed by atoms with E-state index < -0.39 is 21.7 Å². The summed E-state index contributed by atoms with van der Waals surface area (Å²) in [6, 6.07) is 3.65. The number of amides is 1. The summed E-state index contributed by atoms with van der Waals surface area (Å²) < 4.78 is 22.0. The van der Waals surface area contributed by atoms with E-state index in [0.717, 1.165) is 6.07 Å². The predicted octanol–water partition coefficient (Wildman–Crippen LogP) is -0.531. The van der Waals surface area contributed by atoms with Crippen LogP contribution in [0, 0.1) is 0 Å². The lowest BCUT2D eigenvalue weighted by Gasteiger charge is -2.00. The van der Waals surface area contributed by atoms with Crippen LogP contribution < -0.4 is 10.5 Å². The van der Waals surface area contributed by atoms with Gasteiger partial charge in [0.25, 0.3) is 11.7 Å². The Balaban J connectivity index is 2.64. The number of carbonyl (C=O) groups excluding carboxylic acids is 2. The normalized spacial score (nSPS) is 15.0. The van der Waals surface area contributed by atoms with Crippen molar-refractivity contribution in [2.75, 3.05) is 5.32 Å². The van der Waals surface area contributed by atoms with Gasteiger partial charge in [-0.05, 0) is 18.2 Å². The second-order valence-electron chi connectivity index (χ2n) is 3.04. The third kappa shape index (κ3) is 1.51. The van der Waals surface area contributed by atoms with Crippen molar-refractivity contribution in [1.82, 2.24) is 0 Å². The third-order valence-electron chi connectivity index (χ3n) is 2.02. The number of nitrogens with one attached hydrogen (secondary N) is 1. The molecule has 0 fully saturated rings. The largest absolute Gasteiger partial charge is 0.318 e. The molecule has 0 unspecified atom stereocenters. The van der Waals surface area contributed by atoms with Crippen LogP contribution >= 0.6 is 0 Å². The molecular weight excluding hydrogens is 220 g/mol. The van der Waals surface area contributed by atoms with Gasteiger partial charge in [0.05, 0.1) is 16.1 Å². The molecule has 78 valence electrons. The lowest BCUT2D eigenvalue weighted by atomic mass is 10.1. The predicted molar refractivity (Wildman–Crippen MR) is 50.8 cm³/mol. The standard InChI is InChI=1S/C8H6N2O4S/c9-15(13,14)4-1-2-6-5(3-4)7(11)8(12)10-6/h1-3H,(H2,9,13,14)(H,10,11,12). The topological polar surface area (TPSA) is 106 Å². The number of hydrogen-bond donors (Lipinski definition) is 2. The molecule has 3 N–H and O–H groups in total. The highest BCUT2D eigenvalue weighted by molar-refractivity contribution is 7.89. The van der Waals surface area contributed by atoms with Crippen LogP contribution in [-0.2, 0) is 14.8 Å². The minimum atomic E-state index is -3.86. The smallest absolute Gasteiger partial charge is 0.296 e. The van der Waals surface area contributed by atoms with Crippen molar-refractivity contribution in [3.8, 4) is 0 Å². The first kappa shape index (κ1) is 9.81. The number of anilines is 1. The maximum Gasteiger partial charge on any atom is 0.296 e. The van der Waals surface area contributed by atoms with Crippen LogP contribution in [0.15, 0.2) is 23.1 Å². The van der Waals surface area contributed by atoms with Crippen molar-refractivity contribution in [2.24, 2.45) is 5.14 Å². The van der Waals surface area contributed by atoms with Crippen molar-refractivity contribution in [3.63, 3.8) is 0 Å². The summed E-state index contributed by atoms with van der Waals surface area (Å²) in [5, 5.41) is 7.19. The minimum absolute atomic E-state index is 0.0338. The number of hydrogen-bond acceptors (Lipinski definition) is 4. The quantitative estimate of drug-likeness (QED) is 0.627. The van der Waals surface area contributed by atoms with Crippen LogP contribution in [0.5, 0.6) is 0 Å². The molecule has 1 amide bonds. The molecule has 7 heteroatoms. The fourth-order valence-corrected chi connectivity index (χ4v) is 1.84. The Morgan fingerprint density at radius 1 is 1.20 bits per heavy atom. The summed E-state index contributed by atoms with van der Waals surface area (Å²) >= 11 is 0. The van der Waals surface area contributed by atoms with Gasteiger partial charge in [0.2, 0.25) is 10.0 Å². The molecule has 0 spiro atoms. The second-order valence-corrected chi connectivity index (χ2v) is 4.60. The highest BCUT2D eigenvalue weighted by Gasteiger charge is 2.28. The molecule has 2 rings (SSSR count). The Bertz CT molecular complexity index is 576. The van der Waals surface area contributed by atoms with E-state index in [1.54, 1.807) is 0 Å². The van der Waals surface area contributed by atoms with Gasteiger partial charge in [-0.25, -0.2) is 13.6 Å². The van der Waals surface area contributed by atoms with Crippen LogP contribution in [0.2, 0.25) is 0 Å². The zero-order valence-corrected chi connectivity index (χ0v) is 8.17. The average molecular weight is 226 g/mol. The molecule has 1 heterocycles. The van der Waals surface area contributed by atoms with Gasteiger partial charge in [0, 0.05) is 0 Å². The van der Waals surface area contributed by atoms with E-state index in [0.29, 0.717) is 5.69 Å². The molecule has 15 heavy (non-hydrogen) atoms. The van der Waals surface area contributed by atoms with Gasteiger partial charge < -0.3 is 5.32 Å². The van der Waals surface area contributed by atoms with Gasteiger partial charge >= 0.3 is 0 Å². The molecule has 6 nitrogen and oxygen atoms in total. The molecule has 1 aromatic carbocycles. The fourth-order valence-electron chi connectivity index (χ4n) is 1.30. The van der Waals surface area contributed by atoms with Crippen molar-refractivity contribution < 1.29 is 18.0 Å². The zero-order valence-electron chi connectivity index (χ0n) is 7.35. The molecule has 1 aliphatic rings. The zero-order chi connectivity index (χ0) is 11.2. The van der Waals surface area contributed by atoms with Gasteiger partial charge in [-0.2, -0.15) is 0 Å². The van der Waals surface area contributed by atoms with E-state index in [1.807, 2.05) is 0 Å². The number of rotatable bonds is 1. The van der Waals surface area contributed by atoms with Crippen LogP contribution in [0.4, 0.5) is 5.69 Å². The van der Waals surface area contributed by atoms with Gasteiger partial charge in [0.15, 0.2) is 0 Å². The van der Waals surface area contributed by atoms with Crippen LogP contribution in [0.25, 0.3) is 0 Å². The number of primary sulfonamides is 1. The highest BCUT2D eigenvalue weighted by atomic mass is 32.2. The van der Waals surface area contributed by atoms with Gasteiger partial charge in [-0.1, -0.05) is 0 Å². The van der Waals surface area contributed by atoms with Crippen molar-refractivity contribution >= 4 is 27.4 Å². The van der Waals surface area contributed by atoms with Crippen LogP contribution in [0.1, 0.15) is 10.4 Å². The Labute approximate surface area is 85.1 Å². The van der Waals surface area contributed by atoms with Crippen LogP contribution in [0.3, 0.4) is 0 Å². The number of carbonyl (C=O) groups is 2. The Hall–Kier alpha value is -1.73. The van der Waals surface area contributed by atoms with Gasteiger partial charge in [0.1, 0.15) is 0 Å². The second kappa shape index (κ2) is 2.88. The molecule has 0 saturated heterocycles. The first-order valence-corrected chi connectivity index (χ1v) is 5.47. The Morgan fingerprint density at radius 2 is 1.87 bits per heavy atom. The maximum atomic E-state index is 11.2. The minimum Gasteiger partial charge on any atom is -0.318 e. The average Bonchev–Trinajstić information content (AvgIpc) is 2.41. The van der Waals surface area contributed by atoms with Gasteiger partial charge in [-0.15, -0.1) is 0 Å². The number of nitrogens with two attached hydrogens (primary N) is 1. The lowest BCUT2D eigenvalue weighted by Crippen LogP contribution is -2.13. The molecule has 0 saturated carbocycles. The molecule has 1 aromatic rings. The number of fused-ring (bicyclic) bond motifs is 1. The SMILES string of the molecule is NS(=O)(=O)c1ccc2c(c1)C(=O)C(=O)N2. The third-order valence-corrected chi connectivity index (χ3v) is 2.93. The molecule has 0 radical (unpaired) electrons. The van der Waals surface area contributed by atoms with E-state index >= 15 is 0 Å². The summed E-state index contributed by atoms with van der Waals surface area (Å²) in [7, 11) is -3.86. The summed E-state index contributed by atoms with van der Waals surface area (Å²) in [6.07, 6.45) is 0. The fraction of sp³-hybridized carbons (Fsp3) is 0. The van der Waals surface area contributed by atoms with Crippen molar-refractivity contribution in [3.05, 3.63) is 23.8 Å². The Kier molecular flexibility index (Phi) is 1.88. The van der Waals surface area contributed by atoms with E-state index in [9.17, 15) is 18.0 Å². The first-order chi connectivity index (χ1) is 6.89.